The molecule has 1 fully saturated rings. The maximum absolute atomic E-state index is 11.8. The number of rotatable bonds is 1. The summed E-state index contributed by atoms with van der Waals surface area (Å²) in [7, 11) is 0. The van der Waals surface area contributed by atoms with Crippen molar-refractivity contribution in [3.05, 3.63) is 28.2 Å². The van der Waals surface area contributed by atoms with Crippen LogP contribution in [0.4, 0.5) is 5.69 Å². The van der Waals surface area contributed by atoms with Crippen LogP contribution in [0.25, 0.3) is 0 Å². The highest BCUT2D eigenvalue weighted by Gasteiger charge is 2.34. The van der Waals surface area contributed by atoms with Gasteiger partial charge in [-0.25, -0.2) is 0 Å². The fourth-order valence-corrected chi connectivity index (χ4v) is 2.51. The molecule has 2 nitrogen and oxygen atoms in total. The molecule has 0 aromatic heterocycles. The molecular weight excluding hydrogens is 278 g/mol. The SMILES string of the molecule is Cc1cc(N2CCC(=O)C(C)(C)C2)ccc1Br. The lowest BCUT2D eigenvalue weighted by Gasteiger charge is -2.38. The Bertz CT molecular complexity index is 454. The van der Waals surface area contributed by atoms with Gasteiger partial charge in [-0.1, -0.05) is 29.8 Å². The summed E-state index contributed by atoms with van der Waals surface area (Å²) in [6.07, 6.45) is 0.655. The molecule has 1 aromatic rings. The summed E-state index contributed by atoms with van der Waals surface area (Å²) < 4.78 is 1.13. The van der Waals surface area contributed by atoms with Crippen LogP contribution in [0.15, 0.2) is 22.7 Å². The molecule has 1 heterocycles. The first kappa shape index (κ1) is 12.6. The molecule has 0 bridgehead atoms. The number of carbonyl (C=O) groups is 1. The van der Waals surface area contributed by atoms with Crippen LogP contribution in [0.2, 0.25) is 0 Å². The van der Waals surface area contributed by atoms with E-state index in [9.17, 15) is 4.79 Å². The molecule has 0 spiro atoms. The van der Waals surface area contributed by atoms with Crippen molar-refractivity contribution in [2.75, 3.05) is 18.0 Å². The Morgan fingerprint density at radius 1 is 1.35 bits per heavy atom. The fraction of sp³-hybridized carbons (Fsp3) is 0.500. The Morgan fingerprint density at radius 3 is 2.65 bits per heavy atom. The standard InChI is InChI=1S/C14H18BrNO/c1-10-8-11(4-5-12(10)15)16-7-6-13(17)14(2,3)9-16/h4-5,8H,6-7,9H2,1-3H3. The number of hydrogen-bond acceptors (Lipinski definition) is 2. The summed E-state index contributed by atoms with van der Waals surface area (Å²) in [6.45, 7) is 7.81. The largest absolute Gasteiger partial charge is 0.370 e. The van der Waals surface area contributed by atoms with Gasteiger partial charge in [-0.15, -0.1) is 0 Å². The second-order valence-corrected chi connectivity index (χ2v) is 6.27. The van der Waals surface area contributed by atoms with Gasteiger partial charge >= 0.3 is 0 Å². The van der Waals surface area contributed by atoms with Crippen molar-refractivity contribution in [1.29, 1.82) is 0 Å². The maximum Gasteiger partial charge on any atom is 0.142 e. The van der Waals surface area contributed by atoms with E-state index in [0.717, 1.165) is 17.6 Å². The van der Waals surface area contributed by atoms with Crippen LogP contribution in [0.3, 0.4) is 0 Å². The third-order valence-corrected chi connectivity index (χ3v) is 4.35. The molecule has 0 saturated carbocycles. The number of piperidine rings is 1. The third-order valence-electron chi connectivity index (χ3n) is 3.46. The second kappa shape index (κ2) is 4.45. The summed E-state index contributed by atoms with van der Waals surface area (Å²) >= 11 is 3.51. The summed E-state index contributed by atoms with van der Waals surface area (Å²) in [5.74, 6) is 0.377. The van der Waals surface area contributed by atoms with Crippen LogP contribution in [0.5, 0.6) is 0 Å². The second-order valence-electron chi connectivity index (χ2n) is 5.41. The molecule has 0 radical (unpaired) electrons. The van der Waals surface area contributed by atoms with Crippen molar-refractivity contribution in [2.24, 2.45) is 5.41 Å². The van der Waals surface area contributed by atoms with Crippen molar-refractivity contribution in [1.82, 2.24) is 0 Å². The van der Waals surface area contributed by atoms with Gasteiger partial charge in [0.25, 0.3) is 0 Å². The van der Waals surface area contributed by atoms with E-state index in [1.807, 2.05) is 13.8 Å². The first-order valence-electron chi connectivity index (χ1n) is 5.94. The zero-order chi connectivity index (χ0) is 12.6. The first-order valence-corrected chi connectivity index (χ1v) is 6.74. The zero-order valence-corrected chi connectivity index (χ0v) is 12.2. The third kappa shape index (κ3) is 2.54. The number of hydrogen-bond donors (Lipinski definition) is 0. The summed E-state index contributed by atoms with van der Waals surface area (Å²) in [6, 6.07) is 6.37. The lowest BCUT2D eigenvalue weighted by molar-refractivity contribution is -0.127. The van der Waals surface area contributed by atoms with Crippen LogP contribution in [-0.4, -0.2) is 18.9 Å². The van der Waals surface area contributed by atoms with Gasteiger partial charge in [0.05, 0.1) is 0 Å². The highest BCUT2D eigenvalue weighted by molar-refractivity contribution is 9.10. The molecule has 1 aliphatic rings. The van der Waals surface area contributed by atoms with E-state index in [2.05, 4.69) is 46.0 Å². The molecule has 3 heteroatoms. The Kier molecular flexibility index (Phi) is 3.30. The molecule has 92 valence electrons. The van der Waals surface area contributed by atoms with Crippen LogP contribution < -0.4 is 4.90 Å². The van der Waals surface area contributed by atoms with E-state index in [1.54, 1.807) is 0 Å². The van der Waals surface area contributed by atoms with Gasteiger partial charge in [-0.05, 0) is 30.7 Å². The van der Waals surface area contributed by atoms with E-state index >= 15 is 0 Å². The van der Waals surface area contributed by atoms with Crippen molar-refractivity contribution >= 4 is 27.4 Å². The fourth-order valence-electron chi connectivity index (χ4n) is 2.27. The average molecular weight is 296 g/mol. The van der Waals surface area contributed by atoms with Gasteiger partial charge in [-0.3, -0.25) is 4.79 Å². The van der Waals surface area contributed by atoms with Crippen LogP contribution >= 0.6 is 15.9 Å². The molecule has 2 rings (SSSR count). The van der Waals surface area contributed by atoms with Crippen molar-refractivity contribution < 1.29 is 4.79 Å². The molecule has 17 heavy (non-hydrogen) atoms. The summed E-state index contributed by atoms with van der Waals surface area (Å²) in [4.78, 5) is 14.1. The summed E-state index contributed by atoms with van der Waals surface area (Å²) in [5, 5.41) is 0. The highest BCUT2D eigenvalue weighted by Crippen LogP contribution is 2.30. The van der Waals surface area contributed by atoms with Crippen molar-refractivity contribution in [3.8, 4) is 0 Å². The molecule has 0 N–H and O–H groups in total. The maximum atomic E-state index is 11.8. The average Bonchev–Trinajstić information content (AvgIpc) is 2.26. The monoisotopic (exact) mass is 295 g/mol. The van der Waals surface area contributed by atoms with Gasteiger partial charge in [0.2, 0.25) is 0 Å². The van der Waals surface area contributed by atoms with E-state index in [0.29, 0.717) is 12.2 Å². The molecule has 1 aliphatic heterocycles. The minimum Gasteiger partial charge on any atom is -0.370 e. The lowest BCUT2D eigenvalue weighted by atomic mass is 9.82. The van der Waals surface area contributed by atoms with Crippen molar-refractivity contribution in [2.45, 2.75) is 27.2 Å². The zero-order valence-electron chi connectivity index (χ0n) is 10.6. The Hall–Kier alpha value is -0.830. The predicted octanol–water partition coefficient (Wildman–Crippen LogP) is 3.56. The smallest absolute Gasteiger partial charge is 0.142 e. The number of benzene rings is 1. The van der Waals surface area contributed by atoms with E-state index in [1.165, 1.54) is 11.3 Å². The Labute approximate surface area is 111 Å². The number of halogens is 1. The molecule has 0 aliphatic carbocycles. The number of anilines is 1. The molecule has 0 atom stereocenters. The lowest BCUT2D eigenvalue weighted by Crippen LogP contribution is -2.46. The first-order chi connectivity index (χ1) is 7.90. The van der Waals surface area contributed by atoms with Gasteiger partial charge < -0.3 is 4.90 Å². The van der Waals surface area contributed by atoms with Gasteiger partial charge in [0.1, 0.15) is 5.78 Å². The molecule has 0 amide bonds. The quantitative estimate of drug-likeness (QED) is 0.789. The van der Waals surface area contributed by atoms with Crippen LogP contribution in [0.1, 0.15) is 25.8 Å². The van der Waals surface area contributed by atoms with Gasteiger partial charge in [0.15, 0.2) is 0 Å². The topological polar surface area (TPSA) is 20.3 Å². The van der Waals surface area contributed by atoms with Crippen LogP contribution in [-0.2, 0) is 4.79 Å². The molecule has 1 aromatic carbocycles. The highest BCUT2D eigenvalue weighted by atomic mass is 79.9. The summed E-state index contributed by atoms with van der Waals surface area (Å²) in [5.41, 5.74) is 2.22. The van der Waals surface area contributed by atoms with Gasteiger partial charge in [0, 0.05) is 35.1 Å². The number of carbonyl (C=O) groups excluding carboxylic acids is 1. The van der Waals surface area contributed by atoms with Gasteiger partial charge in [-0.2, -0.15) is 0 Å². The predicted molar refractivity (Wildman–Crippen MR) is 74.5 cm³/mol. The van der Waals surface area contributed by atoms with Crippen LogP contribution in [0, 0.1) is 12.3 Å². The molecule has 1 saturated heterocycles. The van der Waals surface area contributed by atoms with Crippen molar-refractivity contribution in [3.63, 3.8) is 0 Å². The molecule has 0 unspecified atom stereocenters. The minimum absolute atomic E-state index is 0.223. The Balaban J connectivity index is 2.23. The van der Waals surface area contributed by atoms with E-state index < -0.39 is 0 Å². The number of aryl methyl sites for hydroxylation is 1. The molecular formula is C14H18BrNO. The van der Waals surface area contributed by atoms with E-state index in [-0.39, 0.29) is 5.41 Å². The minimum atomic E-state index is -0.223. The normalized spacial score (nSPS) is 19.5. The number of Topliss-reactive ketones (excluding diaryl/α,β-unsaturated/α-hetero) is 1. The number of ketones is 1. The Morgan fingerprint density at radius 2 is 2.06 bits per heavy atom. The van der Waals surface area contributed by atoms with E-state index in [4.69, 9.17) is 0 Å². The number of nitrogens with zero attached hydrogens (tertiary/aromatic N) is 1.